The molecule has 10 heteroatoms. The Bertz CT molecular complexity index is 922. The van der Waals surface area contributed by atoms with Crippen LogP contribution in [0.15, 0.2) is 54.9 Å². The van der Waals surface area contributed by atoms with Gasteiger partial charge in [-0.2, -0.15) is 8.98 Å². The highest BCUT2D eigenvalue weighted by molar-refractivity contribution is 7.89. The monoisotopic (exact) mass is 471 g/mol. The van der Waals surface area contributed by atoms with E-state index in [1.807, 2.05) is 0 Å². The molecule has 28 heavy (non-hydrogen) atoms. The van der Waals surface area contributed by atoms with Crippen LogP contribution in [-0.4, -0.2) is 31.3 Å². The Kier molecular flexibility index (Phi) is 8.73. The van der Waals surface area contributed by atoms with Gasteiger partial charge in [0.15, 0.2) is 12.4 Å². The van der Waals surface area contributed by atoms with E-state index in [1.54, 1.807) is 43.5 Å². The summed E-state index contributed by atoms with van der Waals surface area (Å²) < 4.78 is 31.9. The maximum Gasteiger partial charge on any atom is 0.372 e. The number of carbonyl (C=O) groups excluding carboxylic acids is 2. The summed E-state index contributed by atoms with van der Waals surface area (Å²) in [5.41, 5.74) is 0.555. The van der Waals surface area contributed by atoms with Gasteiger partial charge in [-0.25, -0.2) is 19.1 Å². The van der Waals surface area contributed by atoms with Crippen molar-refractivity contribution in [3.05, 3.63) is 66.0 Å². The molecule has 1 amide bonds. The maximum absolute atomic E-state index is 12.7. The number of rotatable bonds is 7. The van der Waals surface area contributed by atoms with Gasteiger partial charge in [0.25, 0.3) is 15.9 Å². The molecule has 1 aromatic carbocycles. The van der Waals surface area contributed by atoms with Gasteiger partial charge < -0.3 is 21.7 Å². The molecule has 0 saturated carbocycles. The summed E-state index contributed by atoms with van der Waals surface area (Å²) in [6, 6.07) is 11.4. The Hall–Kier alpha value is -2.30. The molecule has 0 aliphatic rings. The third-order valence-corrected chi connectivity index (χ3v) is 5.79. The van der Waals surface area contributed by atoms with Crippen molar-refractivity contribution in [3.8, 4) is 0 Å². The molecule has 1 aromatic heterocycles. The second-order valence-electron chi connectivity index (χ2n) is 5.77. The van der Waals surface area contributed by atoms with Gasteiger partial charge in [0.05, 0.1) is 6.61 Å². The van der Waals surface area contributed by atoms with Crippen molar-refractivity contribution in [2.45, 2.75) is 25.6 Å². The van der Waals surface area contributed by atoms with Gasteiger partial charge in [-0.3, -0.25) is 4.79 Å². The van der Waals surface area contributed by atoms with Crippen molar-refractivity contribution in [2.24, 2.45) is 5.84 Å². The molecule has 0 saturated heterocycles. The second kappa shape index (κ2) is 10.3. The van der Waals surface area contributed by atoms with Gasteiger partial charge in [-0.05, 0) is 25.5 Å². The normalized spacial score (nSPS) is 11.8. The summed E-state index contributed by atoms with van der Waals surface area (Å²) in [5, 5.41) is -0.997. The Morgan fingerprint density at radius 3 is 2.43 bits per heavy atom. The summed E-state index contributed by atoms with van der Waals surface area (Å²) in [7, 11) is -4.12. The molecular weight excluding hydrogens is 450 g/mol. The number of halogens is 1. The Labute approximate surface area is 174 Å². The summed E-state index contributed by atoms with van der Waals surface area (Å²) in [5.74, 6) is 4.30. The highest BCUT2D eigenvalue weighted by Crippen LogP contribution is 2.24. The largest absolute Gasteiger partial charge is 1.00 e. The van der Waals surface area contributed by atoms with Crippen molar-refractivity contribution in [1.82, 2.24) is 4.41 Å². The zero-order valence-corrected chi connectivity index (χ0v) is 17.9. The SMILES string of the molecule is CCOC(=O)C[n+]1cccc(C(=O)N(N)S(=O)(=O)C(C)c2ccccc2)c1.[Br-]. The number of amides is 1. The minimum absolute atomic E-state index is 0. The molecule has 152 valence electrons. The van der Waals surface area contributed by atoms with E-state index in [0.717, 1.165) is 0 Å². The van der Waals surface area contributed by atoms with E-state index in [9.17, 15) is 18.0 Å². The van der Waals surface area contributed by atoms with Crippen LogP contribution in [0.1, 0.15) is 35.0 Å². The van der Waals surface area contributed by atoms with Crippen LogP contribution < -0.4 is 27.4 Å². The van der Waals surface area contributed by atoms with Gasteiger partial charge in [0.2, 0.25) is 6.54 Å². The lowest BCUT2D eigenvalue weighted by molar-refractivity contribution is -0.686. The average molecular weight is 472 g/mol. The highest BCUT2D eigenvalue weighted by atomic mass is 79.9. The second-order valence-corrected chi connectivity index (χ2v) is 7.90. The molecule has 0 spiro atoms. The molecule has 0 aliphatic carbocycles. The van der Waals surface area contributed by atoms with E-state index in [1.165, 1.54) is 29.8 Å². The molecule has 0 radical (unpaired) electrons. The first kappa shape index (κ1) is 23.7. The minimum Gasteiger partial charge on any atom is -1.00 e. The number of pyridine rings is 1. The number of carbonyl (C=O) groups is 2. The standard InChI is InChI=1S/C18H22N3O5S.BrH/c1-3-26-17(22)13-20-11-7-10-16(12-20)18(23)21(19)27(24,25)14(2)15-8-5-4-6-9-15;/h4-12,14H,3,13,19H2,1-2H3;1H/q+1;/p-1. The van der Waals surface area contributed by atoms with Gasteiger partial charge in [-0.15, -0.1) is 0 Å². The number of ether oxygens (including phenoxy) is 1. The fraction of sp³-hybridized carbons (Fsp3) is 0.278. The third-order valence-electron chi connectivity index (χ3n) is 3.91. The van der Waals surface area contributed by atoms with Crippen LogP contribution in [0.2, 0.25) is 0 Å². The van der Waals surface area contributed by atoms with E-state index in [-0.39, 0.29) is 40.1 Å². The molecule has 2 N–H and O–H groups in total. The molecule has 8 nitrogen and oxygen atoms in total. The number of hydrogen-bond acceptors (Lipinski definition) is 6. The number of nitrogens with zero attached hydrogens (tertiary/aromatic N) is 2. The Morgan fingerprint density at radius 1 is 1.18 bits per heavy atom. The summed E-state index contributed by atoms with van der Waals surface area (Å²) in [6.45, 7) is 3.29. The summed E-state index contributed by atoms with van der Waals surface area (Å²) >= 11 is 0. The maximum atomic E-state index is 12.7. The number of aromatic nitrogens is 1. The van der Waals surface area contributed by atoms with E-state index >= 15 is 0 Å². The number of nitrogens with two attached hydrogens (primary N) is 1. The minimum atomic E-state index is -4.12. The van der Waals surface area contributed by atoms with Crippen LogP contribution in [0.25, 0.3) is 0 Å². The molecule has 1 unspecified atom stereocenters. The number of esters is 1. The van der Waals surface area contributed by atoms with Crippen LogP contribution in [0.5, 0.6) is 0 Å². The van der Waals surface area contributed by atoms with Gasteiger partial charge >= 0.3 is 5.97 Å². The van der Waals surface area contributed by atoms with Crippen LogP contribution in [0, 0.1) is 0 Å². The zero-order valence-electron chi connectivity index (χ0n) is 15.5. The Morgan fingerprint density at radius 2 is 1.82 bits per heavy atom. The molecule has 0 bridgehead atoms. The Balaban J connectivity index is 0.00000392. The first-order chi connectivity index (χ1) is 12.8. The molecule has 2 aromatic rings. The van der Waals surface area contributed by atoms with Crippen LogP contribution in [0.4, 0.5) is 0 Å². The highest BCUT2D eigenvalue weighted by Gasteiger charge is 2.33. The van der Waals surface area contributed by atoms with Gasteiger partial charge in [0.1, 0.15) is 10.8 Å². The number of benzene rings is 1. The first-order valence-corrected chi connectivity index (χ1v) is 9.80. The van der Waals surface area contributed by atoms with Crippen LogP contribution in [0.3, 0.4) is 0 Å². The van der Waals surface area contributed by atoms with E-state index in [0.29, 0.717) is 5.56 Å². The lowest BCUT2D eigenvalue weighted by Gasteiger charge is -2.21. The topological polar surface area (TPSA) is 111 Å². The number of sulfonamides is 1. The first-order valence-electron chi connectivity index (χ1n) is 8.30. The lowest BCUT2D eigenvalue weighted by atomic mass is 10.2. The average Bonchev–Trinajstić information content (AvgIpc) is 2.67. The number of hydrazine groups is 1. The van der Waals surface area contributed by atoms with Crippen LogP contribution >= 0.6 is 0 Å². The van der Waals surface area contributed by atoms with Crippen molar-refractivity contribution >= 4 is 21.9 Å². The molecule has 0 fully saturated rings. The predicted molar refractivity (Wildman–Crippen MR) is 97.4 cm³/mol. The van der Waals surface area contributed by atoms with Crippen molar-refractivity contribution in [1.29, 1.82) is 0 Å². The van der Waals surface area contributed by atoms with Gasteiger partial charge in [0, 0.05) is 6.07 Å². The fourth-order valence-electron chi connectivity index (χ4n) is 2.41. The third kappa shape index (κ3) is 5.60. The molecular formula is C18H22BrN3O5S. The predicted octanol–water partition coefficient (Wildman–Crippen LogP) is -2.05. The number of hydrogen-bond donors (Lipinski definition) is 1. The van der Waals surface area contributed by atoms with E-state index < -0.39 is 27.1 Å². The van der Waals surface area contributed by atoms with E-state index in [2.05, 4.69) is 0 Å². The van der Waals surface area contributed by atoms with Crippen molar-refractivity contribution < 1.29 is 44.3 Å². The summed E-state index contributed by atoms with van der Waals surface area (Å²) in [4.78, 5) is 24.2. The molecule has 0 aliphatic heterocycles. The molecule has 1 atom stereocenters. The lowest BCUT2D eigenvalue weighted by Crippen LogP contribution is -3.00. The van der Waals surface area contributed by atoms with E-state index in [4.69, 9.17) is 10.6 Å². The fourth-order valence-corrected chi connectivity index (χ4v) is 3.59. The zero-order chi connectivity index (χ0) is 20.0. The van der Waals surface area contributed by atoms with Crippen LogP contribution in [-0.2, 0) is 26.1 Å². The summed E-state index contributed by atoms with van der Waals surface area (Å²) in [6.07, 6.45) is 2.91. The molecule has 1 heterocycles. The smallest absolute Gasteiger partial charge is 0.372 e. The van der Waals surface area contributed by atoms with Crippen molar-refractivity contribution in [3.63, 3.8) is 0 Å². The molecule has 2 rings (SSSR count). The van der Waals surface area contributed by atoms with Gasteiger partial charge in [-0.1, -0.05) is 30.3 Å². The quantitative estimate of drug-likeness (QED) is 0.163. The van der Waals surface area contributed by atoms with Crippen molar-refractivity contribution in [2.75, 3.05) is 6.61 Å².